The van der Waals surface area contributed by atoms with E-state index in [9.17, 15) is 17.6 Å². The van der Waals surface area contributed by atoms with E-state index < -0.39 is 21.7 Å². The number of hydrogen-bond donors (Lipinski definition) is 2. The van der Waals surface area contributed by atoms with Crippen LogP contribution >= 0.6 is 0 Å². The molecule has 0 heterocycles. The molecule has 0 spiro atoms. The zero-order valence-electron chi connectivity index (χ0n) is 15.1. The van der Waals surface area contributed by atoms with Crippen molar-refractivity contribution in [2.75, 3.05) is 5.32 Å². The average Bonchev–Trinajstić information content (AvgIpc) is 2.67. The van der Waals surface area contributed by atoms with Gasteiger partial charge in [0.2, 0.25) is 10.0 Å². The molecule has 0 atom stereocenters. The summed E-state index contributed by atoms with van der Waals surface area (Å²) in [6, 6.07) is 18.6. The number of rotatable bonds is 6. The number of carbonyl (C=O) groups is 1. The first-order valence-corrected chi connectivity index (χ1v) is 10.0. The van der Waals surface area contributed by atoms with Crippen LogP contribution in [-0.2, 0) is 16.6 Å². The Morgan fingerprint density at radius 3 is 2.36 bits per heavy atom. The molecule has 0 radical (unpaired) electrons. The lowest BCUT2D eigenvalue weighted by molar-refractivity contribution is 0.102. The summed E-state index contributed by atoms with van der Waals surface area (Å²) < 4.78 is 40.7. The van der Waals surface area contributed by atoms with E-state index in [0.717, 1.165) is 11.1 Å². The van der Waals surface area contributed by atoms with Gasteiger partial charge in [0.1, 0.15) is 5.82 Å². The Balaban J connectivity index is 1.68. The maximum absolute atomic E-state index is 13.2. The summed E-state index contributed by atoms with van der Waals surface area (Å²) in [5.74, 6) is -0.915. The minimum Gasteiger partial charge on any atom is -0.322 e. The lowest BCUT2D eigenvalue weighted by atomic mass is 10.1. The van der Waals surface area contributed by atoms with Crippen LogP contribution in [0, 0.1) is 12.7 Å². The molecular weight excluding hydrogens is 379 g/mol. The fraction of sp³-hybridized carbons (Fsp3) is 0.0952. The van der Waals surface area contributed by atoms with E-state index in [0.29, 0.717) is 5.69 Å². The molecule has 144 valence electrons. The Hall–Kier alpha value is -3.03. The van der Waals surface area contributed by atoms with Gasteiger partial charge in [0, 0.05) is 17.8 Å². The van der Waals surface area contributed by atoms with E-state index in [1.807, 2.05) is 31.2 Å². The summed E-state index contributed by atoms with van der Waals surface area (Å²) >= 11 is 0. The Labute approximate surface area is 163 Å². The van der Waals surface area contributed by atoms with Crippen LogP contribution in [0.15, 0.2) is 77.7 Å². The van der Waals surface area contributed by atoms with Crippen molar-refractivity contribution in [1.82, 2.24) is 4.72 Å². The first kappa shape index (κ1) is 19.7. The highest BCUT2D eigenvalue weighted by molar-refractivity contribution is 7.89. The molecule has 0 fully saturated rings. The monoisotopic (exact) mass is 398 g/mol. The van der Waals surface area contributed by atoms with E-state index in [-0.39, 0.29) is 17.0 Å². The van der Waals surface area contributed by atoms with Gasteiger partial charge in [0.25, 0.3) is 5.91 Å². The van der Waals surface area contributed by atoms with Crippen LogP contribution < -0.4 is 10.0 Å². The van der Waals surface area contributed by atoms with Crippen LogP contribution in [0.5, 0.6) is 0 Å². The van der Waals surface area contributed by atoms with Crippen molar-refractivity contribution in [2.24, 2.45) is 0 Å². The molecule has 0 aromatic heterocycles. The third-order valence-electron chi connectivity index (χ3n) is 4.22. The third-order valence-corrected chi connectivity index (χ3v) is 5.64. The first-order valence-electron chi connectivity index (χ1n) is 8.56. The zero-order chi connectivity index (χ0) is 20.1. The molecule has 0 saturated carbocycles. The summed E-state index contributed by atoms with van der Waals surface area (Å²) in [6.45, 7) is 2.09. The molecule has 1 amide bonds. The number of sulfonamides is 1. The molecule has 5 nitrogen and oxygen atoms in total. The van der Waals surface area contributed by atoms with Crippen molar-refractivity contribution in [3.8, 4) is 0 Å². The molecule has 0 aliphatic heterocycles. The summed E-state index contributed by atoms with van der Waals surface area (Å²) in [4.78, 5) is 12.3. The van der Waals surface area contributed by atoms with Crippen molar-refractivity contribution < 1.29 is 17.6 Å². The molecule has 0 unspecified atom stereocenters. The maximum Gasteiger partial charge on any atom is 0.255 e. The number of carbonyl (C=O) groups excluding carboxylic acids is 1. The highest BCUT2D eigenvalue weighted by Crippen LogP contribution is 2.15. The van der Waals surface area contributed by atoms with Crippen LogP contribution in [-0.4, -0.2) is 14.3 Å². The third kappa shape index (κ3) is 4.82. The van der Waals surface area contributed by atoms with Gasteiger partial charge in [-0.2, -0.15) is 0 Å². The van der Waals surface area contributed by atoms with Gasteiger partial charge < -0.3 is 5.32 Å². The molecule has 0 bridgehead atoms. The molecule has 2 N–H and O–H groups in total. The van der Waals surface area contributed by atoms with E-state index >= 15 is 0 Å². The minimum absolute atomic E-state index is 0.0587. The van der Waals surface area contributed by atoms with E-state index in [1.54, 1.807) is 6.07 Å². The van der Waals surface area contributed by atoms with Gasteiger partial charge in [0.15, 0.2) is 0 Å². The second kappa shape index (κ2) is 8.33. The molecule has 3 aromatic carbocycles. The quantitative estimate of drug-likeness (QED) is 0.662. The number of halogens is 1. The molecule has 28 heavy (non-hydrogen) atoms. The summed E-state index contributed by atoms with van der Waals surface area (Å²) in [5, 5.41) is 2.57. The molecule has 0 aliphatic rings. The van der Waals surface area contributed by atoms with E-state index in [1.165, 1.54) is 42.5 Å². The van der Waals surface area contributed by atoms with Gasteiger partial charge in [-0.25, -0.2) is 17.5 Å². The zero-order valence-corrected chi connectivity index (χ0v) is 16.0. The predicted molar refractivity (Wildman–Crippen MR) is 106 cm³/mol. The molecule has 3 aromatic rings. The Kier molecular flexibility index (Phi) is 5.87. The highest BCUT2D eigenvalue weighted by Gasteiger charge is 2.15. The van der Waals surface area contributed by atoms with Crippen molar-refractivity contribution >= 4 is 21.6 Å². The Morgan fingerprint density at radius 1 is 0.964 bits per heavy atom. The number of benzene rings is 3. The van der Waals surface area contributed by atoms with Gasteiger partial charge in [0.05, 0.1) is 4.90 Å². The first-order chi connectivity index (χ1) is 13.3. The second-order valence-electron chi connectivity index (χ2n) is 6.24. The van der Waals surface area contributed by atoms with Crippen LogP contribution in [0.3, 0.4) is 0 Å². The van der Waals surface area contributed by atoms with Crippen LogP contribution in [0.1, 0.15) is 21.5 Å². The Bertz CT molecular complexity index is 1100. The van der Waals surface area contributed by atoms with Gasteiger partial charge in [-0.3, -0.25) is 4.79 Å². The average molecular weight is 398 g/mol. The largest absolute Gasteiger partial charge is 0.322 e. The summed E-state index contributed by atoms with van der Waals surface area (Å²) in [6.07, 6.45) is 0. The fourth-order valence-corrected chi connectivity index (χ4v) is 3.63. The Morgan fingerprint density at radius 2 is 1.68 bits per heavy atom. The summed E-state index contributed by atoms with van der Waals surface area (Å²) in [5.41, 5.74) is 2.47. The van der Waals surface area contributed by atoms with Crippen LogP contribution in [0.2, 0.25) is 0 Å². The number of aryl methyl sites for hydroxylation is 1. The van der Waals surface area contributed by atoms with Gasteiger partial charge in [-0.05, 0) is 60.5 Å². The van der Waals surface area contributed by atoms with Gasteiger partial charge in [-0.15, -0.1) is 0 Å². The smallest absolute Gasteiger partial charge is 0.255 e. The number of amides is 1. The lowest BCUT2D eigenvalue weighted by Gasteiger charge is -2.10. The standard InChI is InChI=1S/C21H19FN2O3S/c1-15-5-2-3-6-17(15)14-23-28(26,27)20-11-9-16(10-12-20)21(25)24-19-8-4-7-18(22)13-19/h2-13,23H,14H2,1H3,(H,24,25). The number of hydrogen-bond acceptors (Lipinski definition) is 3. The van der Waals surface area contributed by atoms with E-state index in [2.05, 4.69) is 10.0 Å². The van der Waals surface area contributed by atoms with Crippen LogP contribution in [0.25, 0.3) is 0 Å². The lowest BCUT2D eigenvalue weighted by Crippen LogP contribution is -2.23. The number of nitrogens with one attached hydrogen (secondary N) is 2. The maximum atomic E-state index is 13.2. The molecular formula is C21H19FN2O3S. The fourth-order valence-electron chi connectivity index (χ4n) is 2.62. The normalized spacial score (nSPS) is 11.2. The highest BCUT2D eigenvalue weighted by atomic mass is 32.2. The second-order valence-corrected chi connectivity index (χ2v) is 8.01. The molecule has 7 heteroatoms. The van der Waals surface area contributed by atoms with Crippen molar-refractivity contribution in [3.05, 3.63) is 95.3 Å². The van der Waals surface area contributed by atoms with Crippen molar-refractivity contribution in [3.63, 3.8) is 0 Å². The SMILES string of the molecule is Cc1ccccc1CNS(=O)(=O)c1ccc(C(=O)Nc2cccc(F)c2)cc1. The minimum atomic E-state index is -3.71. The van der Waals surface area contributed by atoms with Gasteiger partial charge >= 0.3 is 0 Å². The van der Waals surface area contributed by atoms with Gasteiger partial charge in [-0.1, -0.05) is 30.3 Å². The van der Waals surface area contributed by atoms with Crippen LogP contribution in [0.4, 0.5) is 10.1 Å². The van der Waals surface area contributed by atoms with E-state index in [4.69, 9.17) is 0 Å². The number of anilines is 1. The van der Waals surface area contributed by atoms with Crippen molar-refractivity contribution in [1.29, 1.82) is 0 Å². The topological polar surface area (TPSA) is 75.3 Å². The molecule has 3 rings (SSSR count). The van der Waals surface area contributed by atoms with Crippen molar-refractivity contribution in [2.45, 2.75) is 18.4 Å². The molecule has 0 aliphatic carbocycles. The summed E-state index contributed by atoms with van der Waals surface area (Å²) in [7, 11) is -3.71. The molecule has 0 saturated heterocycles. The predicted octanol–water partition coefficient (Wildman–Crippen LogP) is 3.86.